The first-order valence-electron chi connectivity index (χ1n) is 18.6. The van der Waals surface area contributed by atoms with Crippen LogP contribution in [0.1, 0.15) is 63.8 Å². The lowest BCUT2D eigenvalue weighted by Crippen LogP contribution is -2.32. The molecule has 0 unspecified atom stereocenters. The van der Waals surface area contributed by atoms with Crippen molar-refractivity contribution in [2.24, 2.45) is 17.8 Å². The van der Waals surface area contributed by atoms with Gasteiger partial charge in [0.1, 0.15) is 11.2 Å². The van der Waals surface area contributed by atoms with Crippen LogP contribution >= 0.6 is 11.6 Å². The Kier molecular flexibility index (Phi) is 17.3. The number of allylic oxidation sites excluding steroid dienone is 1. The molecule has 0 bridgehead atoms. The van der Waals surface area contributed by atoms with Crippen molar-refractivity contribution < 1.29 is 19.1 Å². The van der Waals surface area contributed by atoms with Crippen molar-refractivity contribution in [3.05, 3.63) is 113 Å². The van der Waals surface area contributed by atoms with Crippen molar-refractivity contribution in [2.75, 3.05) is 18.1 Å². The van der Waals surface area contributed by atoms with E-state index in [1.54, 1.807) is 48.8 Å². The van der Waals surface area contributed by atoms with E-state index in [9.17, 15) is 9.59 Å². The van der Waals surface area contributed by atoms with Crippen LogP contribution in [0.15, 0.2) is 90.2 Å². The number of rotatable bonds is 9. The predicted octanol–water partition coefficient (Wildman–Crippen LogP) is 7.52. The summed E-state index contributed by atoms with van der Waals surface area (Å²) in [6.45, 7) is 15.8. The molecule has 5 rings (SSSR count). The zero-order valence-corrected chi connectivity index (χ0v) is 36.0. The van der Waals surface area contributed by atoms with Gasteiger partial charge in [-0.3, -0.25) is 9.67 Å². The van der Waals surface area contributed by atoms with Crippen LogP contribution in [-0.4, -0.2) is 66.4 Å². The molecule has 0 aliphatic heterocycles. The topological polar surface area (TPSA) is 222 Å². The second kappa shape index (κ2) is 21.8. The Morgan fingerprint density at radius 1 is 0.831 bits per heavy atom. The van der Waals surface area contributed by atoms with Gasteiger partial charge in [0.25, 0.3) is 0 Å². The van der Waals surface area contributed by atoms with Gasteiger partial charge in [-0.15, -0.1) is 0 Å². The number of nitrogens with zero attached hydrogens (tertiary/aromatic N) is 7. The minimum Gasteiger partial charge on any atom is -0.444 e. The molecule has 0 fully saturated rings. The van der Waals surface area contributed by atoms with Crippen LogP contribution in [0.4, 0.5) is 21.2 Å². The molecule has 17 heteroatoms. The molecule has 0 aliphatic rings. The molecule has 314 valence electrons. The summed E-state index contributed by atoms with van der Waals surface area (Å²) in [5.41, 5.74) is 18.7. The number of ether oxygens (including phenoxy) is 2. The highest BCUT2D eigenvalue weighted by atomic mass is 35.5. The molecular weight excluding hydrogens is 772 g/mol. The fourth-order valence-corrected chi connectivity index (χ4v) is 5.12. The van der Waals surface area contributed by atoms with E-state index in [0.29, 0.717) is 30.4 Å². The van der Waals surface area contributed by atoms with E-state index in [1.807, 2.05) is 105 Å². The normalized spacial score (nSPS) is 11.4. The van der Waals surface area contributed by atoms with Gasteiger partial charge in [-0.05, 0) is 114 Å². The fourth-order valence-electron chi connectivity index (χ4n) is 4.97. The zero-order valence-electron chi connectivity index (χ0n) is 35.3. The number of benzene rings is 2. The van der Waals surface area contributed by atoms with E-state index in [1.165, 1.54) is 6.20 Å². The molecule has 2 aromatic carbocycles. The second-order valence-corrected chi connectivity index (χ2v) is 15.4. The number of alkyl carbamates (subject to hydrolysis) is 2. The van der Waals surface area contributed by atoms with Gasteiger partial charge in [0.2, 0.25) is 11.2 Å². The zero-order chi connectivity index (χ0) is 43.8. The largest absolute Gasteiger partial charge is 0.444 e. The maximum Gasteiger partial charge on any atom is 0.407 e. The summed E-state index contributed by atoms with van der Waals surface area (Å²) in [6.07, 6.45) is 8.79. The second-order valence-electron chi connectivity index (χ2n) is 15.1. The minimum atomic E-state index is -0.524. The van der Waals surface area contributed by atoms with Gasteiger partial charge < -0.3 is 36.9 Å². The monoisotopic (exact) mass is 826 g/mol. The lowest BCUT2D eigenvalue weighted by atomic mass is 10.0. The maximum atomic E-state index is 11.8. The number of carbonyl (C=O) groups is 2. The standard InChI is InChI=1S/C21H28N6O2.C17H20ClN3O2.C4H7N3/c1-14-10-15(6-7-16(14)12-25-20(28)29-21(2,3)4)18-8-9-24-19(27-18)26-17(11-22)13-23-5;1-11-9-12(14-7-8-19-15(18)21-14)5-6-13(11)10-20-16(22)23-17(2,3)4;1-7-3-4(5)2-6-7/h6-11,13H,12,22H2,1-5H3,(H,25,28)(H,24,26,27);5-9H,10H2,1-4H3,(H,20,22);2-3H,5H2,1H3. The van der Waals surface area contributed by atoms with Gasteiger partial charge in [-0.2, -0.15) is 5.10 Å². The number of aryl methyl sites for hydroxylation is 3. The summed E-state index contributed by atoms with van der Waals surface area (Å²) in [6, 6.07) is 15.5. The van der Waals surface area contributed by atoms with Crippen LogP contribution in [0.3, 0.4) is 0 Å². The van der Waals surface area contributed by atoms with Gasteiger partial charge >= 0.3 is 12.2 Å². The molecule has 3 heterocycles. The summed E-state index contributed by atoms with van der Waals surface area (Å²) in [4.78, 5) is 44.3. The molecule has 59 heavy (non-hydrogen) atoms. The highest BCUT2D eigenvalue weighted by molar-refractivity contribution is 6.28. The third-order valence-electron chi connectivity index (χ3n) is 7.63. The molecule has 0 atom stereocenters. The third-order valence-corrected chi connectivity index (χ3v) is 7.81. The number of aliphatic imine (C=N–C) groups is 1. The van der Waals surface area contributed by atoms with Crippen LogP contribution in [0.5, 0.6) is 0 Å². The number of hydrogen-bond acceptors (Lipinski definition) is 13. The Morgan fingerprint density at radius 3 is 1.73 bits per heavy atom. The molecule has 3 aromatic heterocycles. The van der Waals surface area contributed by atoms with Gasteiger partial charge in [0.05, 0.1) is 29.0 Å². The summed E-state index contributed by atoms with van der Waals surface area (Å²) in [5, 5.41) is 12.6. The van der Waals surface area contributed by atoms with Gasteiger partial charge in [0, 0.05) is 69.3 Å². The van der Waals surface area contributed by atoms with Crippen molar-refractivity contribution in [3.63, 3.8) is 0 Å². The van der Waals surface area contributed by atoms with Crippen LogP contribution < -0.4 is 27.4 Å². The molecule has 0 saturated heterocycles. The highest BCUT2D eigenvalue weighted by Crippen LogP contribution is 2.23. The Bertz CT molecular complexity index is 2210. The number of carbonyl (C=O) groups excluding carboxylic acids is 2. The Balaban J connectivity index is 0.000000275. The molecular formula is C42H55ClN12O4. The number of aromatic nitrogens is 6. The van der Waals surface area contributed by atoms with Crippen LogP contribution in [0.2, 0.25) is 5.28 Å². The number of anilines is 2. The number of nitrogen functional groups attached to an aromatic ring is 1. The Hall–Kier alpha value is -6.55. The van der Waals surface area contributed by atoms with Crippen LogP contribution in [0, 0.1) is 13.8 Å². The van der Waals surface area contributed by atoms with E-state index < -0.39 is 23.4 Å². The first kappa shape index (κ1) is 46.8. The fraction of sp³-hybridized carbons (Fsp3) is 0.333. The number of halogens is 1. The lowest BCUT2D eigenvalue weighted by molar-refractivity contribution is 0.0512. The maximum absolute atomic E-state index is 11.8. The summed E-state index contributed by atoms with van der Waals surface area (Å²) < 4.78 is 12.2. The Morgan fingerprint density at radius 2 is 1.34 bits per heavy atom. The Labute approximate surface area is 350 Å². The molecule has 2 amide bonds. The summed E-state index contributed by atoms with van der Waals surface area (Å²) in [5.74, 6) is 0.424. The van der Waals surface area contributed by atoms with Crippen molar-refractivity contribution in [3.8, 4) is 22.5 Å². The van der Waals surface area contributed by atoms with Gasteiger partial charge in [-0.25, -0.2) is 29.5 Å². The van der Waals surface area contributed by atoms with Crippen molar-refractivity contribution in [1.29, 1.82) is 0 Å². The molecule has 16 nitrogen and oxygen atoms in total. The van der Waals surface area contributed by atoms with E-state index in [4.69, 9.17) is 32.5 Å². The smallest absolute Gasteiger partial charge is 0.407 e. The number of nitrogens with two attached hydrogens (primary N) is 2. The first-order chi connectivity index (χ1) is 27.7. The van der Waals surface area contributed by atoms with Crippen molar-refractivity contribution in [1.82, 2.24) is 40.3 Å². The lowest BCUT2D eigenvalue weighted by Gasteiger charge is -2.20. The van der Waals surface area contributed by atoms with Crippen molar-refractivity contribution in [2.45, 2.75) is 79.7 Å². The van der Waals surface area contributed by atoms with E-state index in [2.05, 4.69) is 46.0 Å². The predicted molar refractivity (Wildman–Crippen MR) is 233 cm³/mol. The van der Waals surface area contributed by atoms with E-state index in [0.717, 1.165) is 44.8 Å². The minimum absolute atomic E-state index is 0.218. The number of hydrogen-bond donors (Lipinski definition) is 5. The van der Waals surface area contributed by atoms with Crippen LogP contribution in [-0.2, 0) is 29.6 Å². The SMILES string of the molecule is CN=CC(=CN)Nc1nccc(-c2ccc(CNC(=O)OC(C)(C)C)c(C)c2)n1.Cc1cc(-c2ccnc(Cl)n2)ccc1CNC(=O)OC(C)(C)C.Cn1cc(N)cn1. The molecule has 7 N–H and O–H groups in total. The summed E-state index contributed by atoms with van der Waals surface area (Å²) >= 11 is 5.82. The molecule has 0 spiro atoms. The molecule has 0 saturated carbocycles. The molecule has 0 aliphatic carbocycles. The van der Waals surface area contributed by atoms with Gasteiger partial charge in [-0.1, -0.05) is 24.3 Å². The van der Waals surface area contributed by atoms with Crippen LogP contribution in [0.25, 0.3) is 22.5 Å². The first-order valence-corrected chi connectivity index (χ1v) is 18.9. The third kappa shape index (κ3) is 17.2. The van der Waals surface area contributed by atoms with Gasteiger partial charge in [0.15, 0.2) is 0 Å². The average Bonchev–Trinajstić information content (AvgIpc) is 3.54. The molecule has 0 radical (unpaired) electrons. The number of nitrogens with one attached hydrogen (secondary N) is 3. The van der Waals surface area contributed by atoms with E-state index >= 15 is 0 Å². The quantitative estimate of drug-likeness (QED) is 0.0719. The van der Waals surface area contributed by atoms with Crippen molar-refractivity contribution >= 4 is 41.6 Å². The number of amides is 2. The summed E-state index contributed by atoms with van der Waals surface area (Å²) in [7, 11) is 3.49. The average molecular weight is 827 g/mol. The molecule has 5 aromatic rings. The van der Waals surface area contributed by atoms with E-state index in [-0.39, 0.29) is 5.28 Å². The highest BCUT2D eigenvalue weighted by Gasteiger charge is 2.17.